The lowest BCUT2D eigenvalue weighted by Crippen LogP contribution is -2.45. The van der Waals surface area contributed by atoms with Crippen LogP contribution in [0.15, 0.2) is 0 Å². The minimum absolute atomic E-state index is 0.0539. The Balaban J connectivity index is 1.76. The zero-order valence-electron chi connectivity index (χ0n) is 13.7. The van der Waals surface area contributed by atoms with Gasteiger partial charge in [-0.1, -0.05) is 33.1 Å². The number of carbonyl (C=O) groups excluding carboxylic acids is 1. The molecule has 0 aromatic carbocycles. The van der Waals surface area contributed by atoms with Crippen LogP contribution in [0.5, 0.6) is 0 Å². The van der Waals surface area contributed by atoms with Crippen LogP contribution in [0.3, 0.4) is 0 Å². The molecule has 3 unspecified atom stereocenters. The maximum Gasteiger partial charge on any atom is 0.241 e. The molecule has 0 spiro atoms. The summed E-state index contributed by atoms with van der Waals surface area (Å²) in [6.07, 6.45) is 11.4. The lowest BCUT2D eigenvalue weighted by molar-refractivity contribution is -0.131. The molecule has 0 radical (unpaired) electrons. The predicted molar refractivity (Wildman–Crippen MR) is 89.3 cm³/mol. The summed E-state index contributed by atoms with van der Waals surface area (Å²) in [5.74, 6) is 1.50. The summed E-state index contributed by atoms with van der Waals surface area (Å²) in [4.78, 5) is 15.2. The molecule has 3 aliphatic rings. The summed E-state index contributed by atoms with van der Waals surface area (Å²) < 4.78 is 0.374. The largest absolute Gasteiger partial charge is 0.324 e. The van der Waals surface area contributed by atoms with Crippen molar-refractivity contribution in [2.45, 2.75) is 75.7 Å². The molecule has 3 rings (SSSR count). The third-order valence-corrected chi connectivity index (χ3v) is 7.40. The van der Waals surface area contributed by atoms with Crippen LogP contribution in [0.4, 0.5) is 0 Å². The summed E-state index contributed by atoms with van der Waals surface area (Å²) in [5, 5.41) is 3.73. The lowest BCUT2D eigenvalue weighted by Gasteiger charge is -2.31. The number of carbonyl (C=O) groups is 1. The van der Waals surface area contributed by atoms with Crippen molar-refractivity contribution in [2.24, 2.45) is 11.8 Å². The first-order valence-electron chi connectivity index (χ1n) is 8.72. The van der Waals surface area contributed by atoms with Crippen molar-refractivity contribution in [3.8, 4) is 0 Å². The standard InChI is InChI=1S/C17H30N2OS/c1-4-12(2)14-16(20)19(11-17(21-3)9-10-17)15(18-14)13-7-5-6-8-13/h12-15,18H,4-11H2,1-3H3. The van der Waals surface area contributed by atoms with Gasteiger partial charge in [0, 0.05) is 11.3 Å². The van der Waals surface area contributed by atoms with Crippen LogP contribution in [0.25, 0.3) is 0 Å². The van der Waals surface area contributed by atoms with E-state index in [1.165, 1.54) is 38.5 Å². The van der Waals surface area contributed by atoms with Gasteiger partial charge in [-0.05, 0) is 43.8 Å². The zero-order chi connectivity index (χ0) is 15.0. The number of nitrogens with one attached hydrogen (secondary N) is 1. The Kier molecular flexibility index (Phi) is 4.56. The Hall–Kier alpha value is -0.220. The first-order chi connectivity index (χ1) is 10.1. The fourth-order valence-corrected chi connectivity index (χ4v) is 4.80. The van der Waals surface area contributed by atoms with Crippen LogP contribution in [0.2, 0.25) is 0 Å². The molecule has 2 saturated carbocycles. The summed E-state index contributed by atoms with van der Waals surface area (Å²) in [7, 11) is 0. The van der Waals surface area contributed by atoms with Crippen molar-refractivity contribution in [1.29, 1.82) is 0 Å². The summed E-state index contributed by atoms with van der Waals surface area (Å²) in [6, 6.07) is 0.0539. The Morgan fingerprint density at radius 3 is 2.57 bits per heavy atom. The normalized spacial score (nSPS) is 33.7. The van der Waals surface area contributed by atoms with E-state index in [4.69, 9.17) is 0 Å². The molecule has 2 aliphatic carbocycles. The molecule has 1 N–H and O–H groups in total. The molecular formula is C17H30N2OS. The van der Waals surface area contributed by atoms with E-state index in [1.807, 2.05) is 11.8 Å². The van der Waals surface area contributed by atoms with Crippen molar-refractivity contribution in [3.05, 3.63) is 0 Å². The molecule has 0 aromatic rings. The van der Waals surface area contributed by atoms with Gasteiger partial charge in [-0.3, -0.25) is 10.1 Å². The van der Waals surface area contributed by atoms with Gasteiger partial charge in [-0.15, -0.1) is 0 Å². The fourth-order valence-electron chi connectivity index (χ4n) is 4.02. The molecule has 0 aromatic heterocycles. The summed E-state index contributed by atoms with van der Waals surface area (Å²) in [6.45, 7) is 5.37. The highest BCUT2D eigenvalue weighted by Crippen LogP contribution is 2.49. The zero-order valence-corrected chi connectivity index (χ0v) is 14.5. The smallest absolute Gasteiger partial charge is 0.241 e. The Labute approximate surface area is 133 Å². The molecule has 3 nitrogen and oxygen atoms in total. The molecule has 1 amide bonds. The van der Waals surface area contributed by atoms with Gasteiger partial charge in [-0.25, -0.2) is 0 Å². The number of hydrogen-bond donors (Lipinski definition) is 1. The Morgan fingerprint density at radius 1 is 1.38 bits per heavy atom. The van der Waals surface area contributed by atoms with E-state index in [0.717, 1.165) is 13.0 Å². The minimum atomic E-state index is 0.0539. The number of amides is 1. The van der Waals surface area contributed by atoms with Gasteiger partial charge < -0.3 is 4.90 Å². The van der Waals surface area contributed by atoms with Crippen molar-refractivity contribution in [3.63, 3.8) is 0 Å². The topological polar surface area (TPSA) is 32.3 Å². The monoisotopic (exact) mass is 310 g/mol. The molecule has 3 atom stereocenters. The highest BCUT2D eigenvalue weighted by Gasteiger charge is 2.51. The molecule has 1 heterocycles. The van der Waals surface area contributed by atoms with E-state index in [1.54, 1.807) is 0 Å². The molecular weight excluding hydrogens is 280 g/mol. The van der Waals surface area contributed by atoms with Crippen LogP contribution in [0, 0.1) is 11.8 Å². The highest BCUT2D eigenvalue weighted by molar-refractivity contribution is 8.00. The Morgan fingerprint density at radius 2 is 2.05 bits per heavy atom. The quantitative estimate of drug-likeness (QED) is 0.817. The maximum atomic E-state index is 12.9. The number of nitrogens with zero attached hydrogens (tertiary/aromatic N) is 1. The second kappa shape index (κ2) is 6.11. The van der Waals surface area contributed by atoms with E-state index >= 15 is 0 Å². The SMILES string of the molecule is CCC(C)C1NC(C2CCCC2)N(CC2(SC)CC2)C1=O. The molecule has 4 heteroatoms. The predicted octanol–water partition coefficient (Wildman–Crippen LogP) is 3.24. The van der Waals surface area contributed by atoms with Crippen molar-refractivity contribution in [1.82, 2.24) is 10.2 Å². The molecule has 0 bridgehead atoms. The van der Waals surface area contributed by atoms with Crippen LogP contribution in [-0.4, -0.2) is 40.6 Å². The van der Waals surface area contributed by atoms with Gasteiger partial charge in [0.2, 0.25) is 5.91 Å². The van der Waals surface area contributed by atoms with Gasteiger partial charge in [-0.2, -0.15) is 11.8 Å². The van der Waals surface area contributed by atoms with E-state index in [-0.39, 0.29) is 6.04 Å². The molecule has 21 heavy (non-hydrogen) atoms. The minimum Gasteiger partial charge on any atom is -0.324 e. The van der Waals surface area contributed by atoms with Gasteiger partial charge in [0.25, 0.3) is 0 Å². The first-order valence-corrected chi connectivity index (χ1v) is 9.94. The van der Waals surface area contributed by atoms with Gasteiger partial charge in [0.05, 0.1) is 12.2 Å². The van der Waals surface area contributed by atoms with Crippen molar-refractivity contribution in [2.75, 3.05) is 12.8 Å². The highest BCUT2D eigenvalue weighted by atomic mass is 32.2. The fraction of sp³-hybridized carbons (Fsp3) is 0.941. The third kappa shape index (κ3) is 2.98. The molecule has 3 fully saturated rings. The average Bonchev–Trinajstić information content (AvgIpc) is 2.92. The van der Waals surface area contributed by atoms with E-state index in [9.17, 15) is 4.79 Å². The average molecular weight is 311 g/mol. The summed E-state index contributed by atoms with van der Waals surface area (Å²) >= 11 is 1.97. The van der Waals surface area contributed by atoms with Crippen LogP contribution < -0.4 is 5.32 Å². The number of thioether (sulfide) groups is 1. The molecule has 1 aliphatic heterocycles. The van der Waals surface area contributed by atoms with Gasteiger partial charge in [0.15, 0.2) is 0 Å². The Bertz CT molecular complexity index is 390. The van der Waals surface area contributed by atoms with Crippen molar-refractivity contribution < 1.29 is 4.79 Å². The number of rotatable bonds is 6. The van der Waals surface area contributed by atoms with E-state index in [2.05, 4.69) is 30.3 Å². The first kappa shape index (κ1) is 15.7. The van der Waals surface area contributed by atoms with Crippen molar-refractivity contribution >= 4 is 17.7 Å². The van der Waals surface area contributed by atoms with Crippen LogP contribution >= 0.6 is 11.8 Å². The van der Waals surface area contributed by atoms with E-state index in [0.29, 0.717) is 28.7 Å². The van der Waals surface area contributed by atoms with Gasteiger partial charge in [0.1, 0.15) is 0 Å². The number of hydrogen-bond acceptors (Lipinski definition) is 3. The maximum absolute atomic E-state index is 12.9. The summed E-state index contributed by atoms with van der Waals surface area (Å²) in [5.41, 5.74) is 0. The third-order valence-electron chi connectivity index (χ3n) is 5.99. The molecule has 120 valence electrons. The second-order valence-corrected chi connectivity index (χ2v) is 8.65. The second-order valence-electron chi connectivity index (χ2n) is 7.37. The van der Waals surface area contributed by atoms with Crippen LogP contribution in [0.1, 0.15) is 58.8 Å². The van der Waals surface area contributed by atoms with Gasteiger partial charge >= 0.3 is 0 Å². The van der Waals surface area contributed by atoms with Crippen LogP contribution in [-0.2, 0) is 4.79 Å². The molecule has 1 saturated heterocycles. The van der Waals surface area contributed by atoms with E-state index < -0.39 is 0 Å². The lowest BCUT2D eigenvalue weighted by atomic mass is 9.99.